The summed E-state index contributed by atoms with van der Waals surface area (Å²) in [7, 11) is -2.61. The van der Waals surface area contributed by atoms with Crippen LogP contribution in [0.3, 0.4) is 0 Å². The van der Waals surface area contributed by atoms with Gasteiger partial charge in [0.1, 0.15) is 9.92 Å². The predicted molar refractivity (Wildman–Crippen MR) is 67.1 cm³/mol. The second-order valence-corrected chi connectivity index (χ2v) is 6.46. The molecule has 0 amide bonds. The van der Waals surface area contributed by atoms with Gasteiger partial charge in [-0.05, 0) is 10.3 Å². The zero-order chi connectivity index (χ0) is 14.0. The van der Waals surface area contributed by atoms with Gasteiger partial charge in [-0.15, -0.1) is 0 Å². The molecule has 10 nitrogen and oxygen atoms in total. The summed E-state index contributed by atoms with van der Waals surface area (Å²) >= 11 is 0. The van der Waals surface area contributed by atoms with Crippen LogP contribution in [0.5, 0.6) is 0 Å². The fourth-order valence-corrected chi connectivity index (χ4v) is 2.69. The predicted octanol–water partition coefficient (Wildman–Crippen LogP) is -0.901. The van der Waals surface area contributed by atoms with Crippen LogP contribution in [0.1, 0.15) is 5.69 Å². The average molecular weight is 289 g/mol. The number of amidine groups is 1. The van der Waals surface area contributed by atoms with Crippen LogP contribution in [-0.2, 0) is 9.92 Å². The van der Waals surface area contributed by atoms with Crippen molar-refractivity contribution in [3.05, 3.63) is 5.69 Å². The van der Waals surface area contributed by atoms with Crippen molar-refractivity contribution in [2.24, 2.45) is 16.8 Å². The lowest BCUT2D eigenvalue weighted by molar-refractivity contribution is 0.219. The highest BCUT2D eigenvalue weighted by atomic mass is 32.2. The quantitative estimate of drug-likeness (QED) is 0.237. The first-order valence-electron chi connectivity index (χ1n) is 5.45. The number of nitrogens with one attached hydrogen (secondary N) is 2. The minimum atomic E-state index is -2.61. The number of oxime groups is 1. The smallest absolute Gasteiger partial charge is 0.202 e. The molecule has 1 aromatic rings. The molecule has 1 aromatic heterocycles. The Morgan fingerprint density at radius 1 is 1.74 bits per heavy atom. The molecule has 0 radical (unpaired) electrons. The molecular weight excluding hydrogens is 274 g/mol. The second-order valence-electron chi connectivity index (χ2n) is 4.34. The molecular formula is C8H15N7O3S. The highest BCUT2D eigenvalue weighted by molar-refractivity contribution is 7.89. The molecule has 0 spiro atoms. The van der Waals surface area contributed by atoms with Crippen molar-refractivity contribution in [3.63, 3.8) is 0 Å². The third-order valence-corrected chi connectivity index (χ3v) is 4.10. The number of hydrogen-bond acceptors (Lipinski definition) is 8. The zero-order valence-corrected chi connectivity index (χ0v) is 11.1. The maximum absolute atomic E-state index is 11.4. The van der Waals surface area contributed by atoms with E-state index in [1.165, 1.54) is 6.26 Å². The van der Waals surface area contributed by atoms with E-state index in [1.54, 1.807) is 4.31 Å². The molecule has 0 aliphatic carbocycles. The standard InChI is InChI=1S/C8H15N7O3S/c1-19(10,17)15-3-5(4-15)2-11-8-6(7(9)12-16)13-18-14-8/h5,10,16H,2-4H2,1H3,(H2,9,12)(H,11,14). The highest BCUT2D eigenvalue weighted by Gasteiger charge is 2.31. The van der Waals surface area contributed by atoms with Crippen LogP contribution in [0.25, 0.3) is 0 Å². The summed E-state index contributed by atoms with van der Waals surface area (Å²) in [4.78, 5) is 0. The maximum Gasteiger partial charge on any atom is 0.202 e. The van der Waals surface area contributed by atoms with Crippen molar-refractivity contribution < 1.29 is 14.0 Å². The molecule has 2 heterocycles. The van der Waals surface area contributed by atoms with E-state index in [2.05, 4.69) is 25.4 Å². The molecule has 0 aromatic carbocycles. The Balaban J connectivity index is 1.87. The van der Waals surface area contributed by atoms with Crippen LogP contribution in [0.4, 0.5) is 5.82 Å². The van der Waals surface area contributed by atoms with E-state index in [1.807, 2.05) is 0 Å². The van der Waals surface area contributed by atoms with Crippen LogP contribution in [-0.4, -0.2) is 55.8 Å². The zero-order valence-electron chi connectivity index (χ0n) is 10.2. The SMILES string of the molecule is CS(=N)(=O)N1CC(CNc2nonc2/C(N)=N\O)C1. The molecule has 1 saturated heterocycles. The lowest BCUT2D eigenvalue weighted by Crippen LogP contribution is -2.51. The largest absolute Gasteiger partial charge is 0.409 e. The van der Waals surface area contributed by atoms with Gasteiger partial charge in [-0.1, -0.05) is 5.16 Å². The average Bonchev–Trinajstić information content (AvgIpc) is 2.72. The monoisotopic (exact) mass is 289 g/mol. The summed E-state index contributed by atoms with van der Waals surface area (Å²) in [6.07, 6.45) is 1.40. The molecule has 0 bridgehead atoms. The molecule has 19 heavy (non-hydrogen) atoms. The molecule has 2 rings (SSSR count). The van der Waals surface area contributed by atoms with Gasteiger partial charge in [-0.3, -0.25) is 0 Å². The van der Waals surface area contributed by atoms with Crippen LogP contribution in [0.2, 0.25) is 0 Å². The Kier molecular flexibility index (Phi) is 3.57. The van der Waals surface area contributed by atoms with Gasteiger partial charge in [0, 0.05) is 31.8 Å². The van der Waals surface area contributed by atoms with Crippen molar-refractivity contribution in [1.82, 2.24) is 14.6 Å². The fraction of sp³-hybridized carbons (Fsp3) is 0.625. The molecule has 0 saturated carbocycles. The van der Waals surface area contributed by atoms with E-state index < -0.39 is 9.92 Å². The van der Waals surface area contributed by atoms with Gasteiger partial charge in [-0.25, -0.2) is 17.9 Å². The first kappa shape index (κ1) is 13.5. The van der Waals surface area contributed by atoms with Crippen molar-refractivity contribution >= 4 is 21.6 Å². The van der Waals surface area contributed by atoms with Gasteiger partial charge < -0.3 is 16.3 Å². The Hall–Kier alpha value is -1.88. The van der Waals surface area contributed by atoms with Crippen molar-refractivity contribution in [3.8, 4) is 0 Å². The lowest BCUT2D eigenvalue weighted by Gasteiger charge is -2.38. The Morgan fingerprint density at radius 3 is 3.00 bits per heavy atom. The number of rotatable bonds is 5. The molecule has 1 atom stereocenters. The summed E-state index contributed by atoms with van der Waals surface area (Å²) in [5.74, 6) is 0.349. The van der Waals surface area contributed by atoms with Gasteiger partial charge in [0.2, 0.25) is 5.82 Å². The molecule has 1 unspecified atom stereocenters. The first-order chi connectivity index (χ1) is 8.91. The third-order valence-electron chi connectivity index (χ3n) is 2.81. The van der Waals surface area contributed by atoms with E-state index in [4.69, 9.17) is 15.7 Å². The van der Waals surface area contributed by atoms with Crippen molar-refractivity contribution in [2.75, 3.05) is 31.2 Å². The third kappa shape index (κ3) is 2.93. The molecule has 1 aliphatic rings. The highest BCUT2D eigenvalue weighted by Crippen LogP contribution is 2.20. The van der Waals surface area contributed by atoms with Gasteiger partial charge in [0.05, 0.1) is 0 Å². The number of nitrogens with two attached hydrogens (primary N) is 1. The molecule has 106 valence electrons. The normalized spacial score (nSPS) is 20.8. The molecule has 1 fully saturated rings. The molecule has 1 aliphatic heterocycles. The van der Waals surface area contributed by atoms with Gasteiger partial charge in [-0.2, -0.15) is 0 Å². The minimum Gasteiger partial charge on any atom is -0.409 e. The van der Waals surface area contributed by atoms with Gasteiger partial charge in [0.25, 0.3) is 0 Å². The Bertz CT molecular complexity index is 575. The number of aromatic nitrogens is 2. The van der Waals surface area contributed by atoms with Crippen LogP contribution >= 0.6 is 0 Å². The summed E-state index contributed by atoms with van der Waals surface area (Å²) in [6.45, 7) is 1.71. The van der Waals surface area contributed by atoms with E-state index in [0.29, 0.717) is 19.6 Å². The summed E-state index contributed by atoms with van der Waals surface area (Å²) in [6, 6.07) is 0. The first-order valence-corrected chi connectivity index (χ1v) is 7.37. The van der Waals surface area contributed by atoms with Gasteiger partial charge >= 0.3 is 0 Å². The van der Waals surface area contributed by atoms with E-state index in [-0.39, 0.29) is 23.3 Å². The fourth-order valence-electron chi connectivity index (χ4n) is 1.70. The van der Waals surface area contributed by atoms with E-state index in [9.17, 15) is 4.21 Å². The topological polar surface area (TPSA) is 154 Å². The van der Waals surface area contributed by atoms with E-state index in [0.717, 1.165) is 0 Å². The number of anilines is 1. The summed E-state index contributed by atoms with van der Waals surface area (Å²) in [5, 5.41) is 21.5. The maximum atomic E-state index is 11.4. The van der Waals surface area contributed by atoms with Crippen molar-refractivity contribution in [1.29, 1.82) is 4.78 Å². The minimum absolute atomic E-state index is 0.137. The summed E-state index contributed by atoms with van der Waals surface area (Å²) in [5.41, 5.74) is 5.54. The molecule has 5 N–H and O–H groups in total. The van der Waals surface area contributed by atoms with Crippen LogP contribution < -0.4 is 11.1 Å². The van der Waals surface area contributed by atoms with Crippen molar-refractivity contribution in [2.45, 2.75) is 0 Å². The second kappa shape index (κ2) is 5.01. The Labute approximate surface area is 109 Å². The molecule has 11 heteroatoms. The lowest BCUT2D eigenvalue weighted by atomic mass is 10.0. The van der Waals surface area contributed by atoms with Crippen LogP contribution in [0.15, 0.2) is 9.78 Å². The van der Waals surface area contributed by atoms with E-state index >= 15 is 0 Å². The summed E-state index contributed by atoms with van der Waals surface area (Å²) < 4.78 is 24.9. The van der Waals surface area contributed by atoms with Gasteiger partial charge in [0.15, 0.2) is 11.5 Å². The van der Waals surface area contributed by atoms with Crippen LogP contribution in [0, 0.1) is 10.7 Å². The Morgan fingerprint density at radius 2 is 2.42 bits per heavy atom. The number of hydrogen-bond donors (Lipinski definition) is 4. The number of nitrogens with zero attached hydrogens (tertiary/aromatic N) is 4.